The molecule has 0 saturated carbocycles. The predicted molar refractivity (Wildman–Crippen MR) is 52.1 cm³/mol. The maximum Gasteiger partial charge on any atom is 0.204 e. The number of nitrogens with zero attached hydrogens (tertiary/aromatic N) is 1. The minimum absolute atomic E-state index is 0.0943. The molecule has 0 atom stereocenters. The van der Waals surface area contributed by atoms with Crippen molar-refractivity contribution in [3.63, 3.8) is 0 Å². The Bertz CT molecular complexity index is 507. The van der Waals surface area contributed by atoms with Gasteiger partial charge in [-0.25, -0.2) is 0 Å². The molecule has 0 bridgehead atoms. The van der Waals surface area contributed by atoms with E-state index in [9.17, 15) is 4.79 Å². The van der Waals surface area contributed by atoms with Gasteiger partial charge in [-0.3, -0.25) is 4.79 Å². The molecule has 0 fully saturated rings. The summed E-state index contributed by atoms with van der Waals surface area (Å²) in [5, 5.41) is 0. The smallest absolute Gasteiger partial charge is 0.204 e. The van der Waals surface area contributed by atoms with E-state index in [-0.39, 0.29) is 5.43 Å². The Morgan fingerprint density at radius 2 is 1.62 bits per heavy atom. The maximum absolute atomic E-state index is 11.5. The van der Waals surface area contributed by atoms with Crippen LogP contribution in [-0.4, -0.2) is 0 Å². The summed E-state index contributed by atoms with van der Waals surface area (Å²) in [7, 11) is 0. The van der Waals surface area contributed by atoms with Gasteiger partial charge in [0, 0.05) is 11.8 Å². The van der Waals surface area contributed by atoms with Gasteiger partial charge in [-0.05, 0) is 24.3 Å². The lowest BCUT2D eigenvalue weighted by Gasteiger charge is -2.22. The summed E-state index contributed by atoms with van der Waals surface area (Å²) in [5.41, 5.74) is 2.89. The molecule has 2 nitrogen and oxygen atoms in total. The molecule has 0 spiro atoms. The van der Waals surface area contributed by atoms with E-state index in [2.05, 4.69) is 0 Å². The van der Waals surface area contributed by atoms with E-state index >= 15 is 0 Å². The molecule has 3 aliphatic heterocycles. The summed E-state index contributed by atoms with van der Waals surface area (Å²) < 4.78 is 0. The van der Waals surface area contributed by atoms with Gasteiger partial charge in [0.15, 0.2) is 0 Å². The summed E-state index contributed by atoms with van der Waals surface area (Å²) in [6.07, 6.45) is 0. The fourth-order valence-corrected chi connectivity index (χ4v) is 1.78. The monoisotopic (exact) mass is 169 g/mol. The van der Waals surface area contributed by atoms with Crippen LogP contribution in [0, 0.1) is 0 Å². The third-order valence-corrected chi connectivity index (χ3v) is 2.34. The molecule has 62 valence electrons. The van der Waals surface area contributed by atoms with Crippen LogP contribution in [-0.2, 0) is 0 Å². The van der Waals surface area contributed by atoms with Crippen molar-refractivity contribution >= 4 is 17.1 Å². The third kappa shape index (κ3) is 0.746. The van der Waals surface area contributed by atoms with Crippen LogP contribution in [0.1, 0.15) is 0 Å². The van der Waals surface area contributed by atoms with Crippen molar-refractivity contribution < 1.29 is 0 Å². The van der Waals surface area contributed by atoms with E-state index in [0.717, 1.165) is 17.1 Å². The molecular formula is C11H7NO. The first-order valence-corrected chi connectivity index (χ1v) is 4.19. The Morgan fingerprint density at radius 3 is 2.46 bits per heavy atom. The van der Waals surface area contributed by atoms with Gasteiger partial charge in [0.05, 0.1) is 11.4 Å². The van der Waals surface area contributed by atoms with Crippen LogP contribution in [0.15, 0.2) is 47.3 Å². The molecular weight excluding hydrogens is 162 g/mol. The first-order chi connectivity index (χ1) is 6.36. The predicted octanol–water partition coefficient (Wildman–Crippen LogP) is 2.27. The summed E-state index contributed by atoms with van der Waals surface area (Å²) >= 11 is 0. The highest BCUT2D eigenvalue weighted by atomic mass is 16.1. The van der Waals surface area contributed by atoms with Gasteiger partial charge < -0.3 is 4.90 Å². The number of hydrogen-bond donors (Lipinski definition) is 0. The molecule has 3 rings (SSSR count). The lowest BCUT2D eigenvalue weighted by molar-refractivity contribution is 1.29. The van der Waals surface area contributed by atoms with Crippen molar-refractivity contribution in [1.82, 2.24) is 0 Å². The first-order valence-electron chi connectivity index (χ1n) is 4.19. The highest BCUT2D eigenvalue weighted by molar-refractivity contribution is 5.81. The Balaban J connectivity index is 2.49. The summed E-state index contributed by atoms with van der Waals surface area (Å²) in [6, 6.07) is 13.3. The van der Waals surface area contributed by atoms with Crippen LogP contribution in [0.25, 0.3) is 0 Å². The van der Waals surface area contributed by atoms with Crippen molar-refractivity contribution in [3.8, 4) is 0 Å². The Labute approximate surface area is 75.4 Å². The average molecular weight is 169 g/mol. The zero-order valence-corrected chi connectivity index (χ0v) is 6.90. The molecule has 3 heterocycles. The van der Waals surface area contributed by atoms with Crippen molar-refractivity contribution in [1.29, 1.82) is 0 Å². The molecule has 0 aromatic carbocycles. The average Bonchev–Trinajstić information content (AvgIpc) is 2.47. The molecule has 0 radical (unpaired) electrons. The molecule has 0 aliphatic carbocycles. The van der Waals surface area contributed by atoms with Crippen LogP contribution < -0.4 is 10.3 Å². The fraction of sp³-hybridized carbons (Fsp3) is 0. The molecule has 13 heavy (non-hydrogen) atoms. The van der Waals surface area contributed by atoms with E-state index in [1.165, 1.54) is 0 Å². The molecule has 2 heteroatoms. The maximum atomic E-state index is 11.5. The summed E-state index contributed by atoms with van der Waals surface area (Å²) in [4.78, 5) is 13.4. The van der Waals surface area contributed by atoms with Gasteiger partial charge in [-0.1, -0.05) is 12.1 Å². The quantitative estimate of drug-likeness (QED) is 0.514. The topological polar surface area (TPSA) is 20.3 Å². The second kappa shape index (κ2) is 2.10. The Morgan fingerprint density at radius 1 is 0.923 bits per heavy atom. The highest BCUT2D eigenvalue weighted by Gasteiger charge is 2.20. The van der Waals surface area contributed by atoms with Crippen LogP contribution in [0.2, 0.25) is 0 Å². The molecule has 0 N–H and O–H groups in total. The largest absolute Gasteiger partial charge is 0.307 e. The molecule has 0 aromatic heterocycles. The van der Waals surface area contributed by atoms with Crippen LogP contribution in [0.4, 0.5) is 17.1 Å². The van der Waals surface area contributed by atoms with Crippen molar-refractivity contribution in [3.05, 3.63) is 52.7 Å². The lowest BCUT2D eigenvalue weighted by atomic mass is 10.2. The van der Waals surface area contributed by atoms with Crippen molar-refractivity contribution in [2.45, 2.75) is 0 Å². The molecule has 0 saturated heterocycles. The van der Waals surface area contributed by atoms with E-state index in [0.29, 0.717) is 0 Å². The SMILES string of the molecule is O=c1cc2cccc3cccc1N32. The number of rotatable bonds is 0. The standard InChI is InChI=1S/C11H7NO/c13-11-7-9-5-1-3-8-4-2-6-10(11)12(8)9/h1-7H. The van der Waals surface area contributed by atoms with Crippen LogP contribution >= 0.6 is 0 Å². The molecule has 0 aromatic rings. The third-order valence-electron chi connectivity index (χ3n) is 2.34. The van der Waals surface area contributed by atoms with Crippen molar-refractivity contribution in [2.24, 2.45) is 0 Å². The van der Waals surface area contributed by atoms with E-state index in [4.69, 9.17) is 0 Å². The fourth-order valence-electron chi connectivity index (χ4n) is 1.78. The van der Waals surface area contributed by atoms with Crippen LogP contribution in [0.5, 0.6) is 0 Å². The van der Waals surface area contributed by atoms with Gasteiger partial charge in [0.2, 0.25) is 5.43 Å². The number of hydrogen-bond acceptors (Lipinski definition) is 2. The second-order valence-electron chi connectivity index (χ2n) is 3.13. The first kappa shape index (κ1) is 6.66. The Kier molecular flexibility index (Phi) is 1.08. The van der Waals surface area contributed by atoms with Gasteiger partial charge in [-0.15, -0.1) is 0 Å². The minimum Gasteiger partial charge on any atom is -0.307 e. The van der Waals surface area contributed by atoms with E-state index in [1.807, 2.05) is 41.3 Å². The minimum atomic E-state index is 0.0943. The molecule has 0 amide bonds. The van der Waals surface area contributed by atoms with Gasteiger partial charge in [-0.2, -0.15) is 0 Å². The Hall–Kier alpha value is -1.83. The van der Waals surface area contributed by atoms with Gasteiger partial charge in [0.25, 0.3) is 0 Å². The van der Waals surface area contributed by atoms with Gasteiger partial charge in [0.1, 0.15) is 0 Å². The highest BCUT2D eigenvalue weighted by Crippen LogP contribution is 2.36. The molecule has 3 aliphatic rings. The lowest BCUT2D eigenvalue weighted by Crippen LogP contribution is -2.11. The van der Waals surface area contributed by atoms with E-state index < -0.39 is 0 Å². The summed E-state index contributed by atoms with van der Waals surface area (Å²) in [5.74, 6) is 0. The normalized spacial score (nSPS) is 12.8. The number of anilines is 3. The zero-order valence-electron chi connectivity index (χ0n) is 6.90. The second-order valence-corrected chi connectivity index (χ2v) is 3.13. The molecule has 0 unspecified atom stereocenters. The zero-order chi connectivity index (χ0) is 8.84. The van der Waals surface area contributed by atoms with Gasteiger partial charge >= 0.3 is 0 Å². The summed E-state index contributed by atoms with van der Waals surface area (Å²) in [6.45, 7) is 0. The van der Waals surface area contributed by atoms with Crippen molar-refractivity contribution in [2.75, 3.05) is 4.90 Å². The van der Waals surface area contributed by atoms with Crippen LogP contribution in [0.3, 0.4) is 0 Å². The van der Waals surface area contributed by atoms with E-state index in [1.54, 1.807) is 6.07 Å².